The minimum absolute atomic E-state index is 0.417. The second kappa shape index (κ2) is 6.21. The zero-order chi connectivity index (χ0) is 13.0. The molecule has 2 rings (SSSR count). The van der Waals surface area contributed by atoms with Crippen LogP contribution in [0.15, 0.2) is 24.3 Å². The van der Waals surface area contributed by atoms with Gasteiger partial charge in [0.05, 0.1) is 6.61 Å². The van der Waals surface area contributed by atoms with Gasteiger partial charge in [-0.05, 0) is 19.7 Å². The predicted octanol–water partition coefficient (Wildman–Crippen LogP) is 2.30. The molecule has 0 saturated carbocycles. The van der Waals surface area contributed by atoms with E-state index < -0.39 is 0 Å². The second-order valence-electron chi connectivity index (χ2n) is 5.15. The number of nitrogens with one attached hydrogen (secondary N) is 1. The van der Waals surface area contributed by atoms with Crippen molar-refractivity contribution in [2.45, 2.75) is 19.9 Å². The highest BCUT2D eigenvalue weighted by Crippen LogP contribution is 2.34. The Kier molecular flexibility index (Phi) is 4.61. The fraction of sp³-hybridized carbons (Fsp3) is 0.600. The van der Waals surface area contributed by atoms with Gasteiger partial charge in [0.2, 0.25) is 0 Å². The van der Waals surface area contributed by atoms with E-state index in [0.717, 1.165) is 32.0 Å². The van der Waals surface area contributed by atoms with Gasteiger partial charge >= 0.3 is 0 Å². The summed E-state index contributed by atoms with van der Waals surface area (Å²) in [5, 5.41) is 3.67. The van der Waals surface area contributed by atoms with Crippen LogP contribution in [0.5, 0.6) is 5.75 Å². The molecular formula is C15H24N2O. The van der Waals surface area contributed by atoms with Crippen molar-refractivity contribution in [3.05, 3.63) is 29.8 Å². The Morgan fingerprint density at radius 2 is 2.17 bits per heavy atom. The number of hydrogen-bond acceptors (Lipinski definition) is 3. The molecular weight excluding hydrogens is 224 g/mol. The molecule has 0 aliphatic carbocycles. The highest BCUT2D eigenvalue weighted by Gasteiger charge is 2.26. The SMILES string of the molecule is CCN(C)CCNC1c2ccccc2OCC1C. The van der Waals surface area contributed by atoms with E-state index >= 15 is 0 Å². The fourth-order valence-electron chi connectivity index (χ4n) is 2.37. The predicted molar refractivity (Wildman–Crippen MR) is 75.0 cm³/mol. The first-order valence-corrected chi connectivity index (χ1v) is 6.86. The molecule has 3 heteroatoms. The van der Waals surface area contributed by atoms with Gasteiger partial charge in [0.25, 0.3) is 0 Å². The molecule has 1 aliphatic heterocycles. The van der Waals surface area contributed by atoms with Crippen molar-refractivity contribution in [2.24, 2.45) is 5.92 Å². The molecule has 0 bridgehead atoms. The van der Waals surface area contributed by atoms with E-state index in [1.807, 2.05) is 6.07 Å². The van der Waals surface area contributed by atoms with E-state index in [0.29, 0.717) is 12.0 Å². The van der Waals surface area contributed by atoms with Gasteiger partial charge in [0.15, 0.2) is 0 Å². The van der Waals surface area contributed by atoms with Crippen LogP contribution in [-0.2, 0) is 0 Å². The van der Waals surface area contributed by atoms with Crippen LogP contribution in [0.25, 0.3) is 0 Å². The number of likely N-dealkylation sites (N-methyl/N-ethyl adjacent to an activating group) is 1. The topological polar surface area (TPSA) is 24.5 Å². The number of para-hydroxylation sites is 1. The normalized spacial score (nSPS) is 22.7. The molecule has 18 heavy (non-hydrogen) atoms. The lowest BCUT2D eigenvalue weighted by Crippen LogP contribution is -2.37. The minimum atomic E-state index is 0.417. The second-order valence-corrected chi connectivity index (χ2v) is 5.15. The summed E-state index contributed by atoms with van der Waals surface area (Å²) < 4.78 is 5.76. The monoisotopic (exact) mass is 248 g/mol. The number of hydrogen-bond donors (Lipinski definition) is 1. The number of fused-ring (bicyclic) bond motifs is 1. The van der Waals surface area contributed by atoms with Crippen LogP contribution < -0.4 is 10.1 Å². The molecule has 0 radical (unpaired) electrons. The standard InChI is InChI=1S/C15H24N2O/c1-4-17(3)10-9-16-15-12(2)11-18-14-8-6-5-7-13(14)15/h5-8,12,15-16H,4,9-11H2,1-3H3. The van der Waals surface area contributed by atoms with Gasteiger partial charge in [0, 0.05) is 30.6 Å². The van der Waals surface area contributed by atoms with E-state index in [2.05, 4.69) is 49.3 Å². The maximum absolute atomic E-state index is 5.76. The number of nitrogens with zero attached hydrogens (tertiary/aromatic N) is 1. The van der Waals surface area contributed by atoms with E-state index in [1.165, 1.54) is 5.56 Å². The third kappa shape index (κ3) is 3.03. The minimum Gasteiger partial charge on any atom is -0.493 e. The summed E-state index contributed by atoms with van der Waals surface area (Å²) in [7, 11) is 2.16. The molecule has 0 aromatic heterocycles. The van der Waals surface area contributed by atoms with Gasteiger partial charge in [-0.3, -0.25) is 0 Å². The summed E-state index contributed by atoms with van der Waals surface area (Å²) in [6.45, 7) is 8.44. The smallest absolute Gasteiger partial charge is 0.124 e. The number of ether oxygens (including phenoxy) is 1. The van der Waals surface area contributed by atoms with Crippen molar-refractivity contribution >= 4 is 0 Å². The summed E-state index contributed by atoms with van der Waals surface area (Å²) in [4.78, 5) is 2.32. The van der Waals surface area contributed by atoms with Crippen LogP contribution in [0, 0.1) is 5.92 Å². The van der Waals surface area contributed by atoms with Crippen molar-refractivity contribution in [3.63, 3.8) is 0 Å². The maximum atomic E-state index is 5.76. The molecule has 0 spiro atoms. The van der Waals surface area contributed by atoms with Crippen LogP contribution in [0.3, 0.4) is 0 Å². The van der Waals surface area contributed by atoms with Crippen LogP contribution in [-0.4, -0.2) is 38.2 Å². The molecule has 1 aromatic carbocycles. The van der Waals surface area contributed by atoms with Gasteiger partial charge in [0.1, 0.15) is 5.75 Å². The molecule has 0 fully saturated rings. The van der Waals surface area contributed by atoms with Crippen LogP contribution in [0.1, 0.15) is 25.5 Å². The summed E-state index contributed by atoms with van der Waals surface area (Å²) in [5.74, 6) is 1.56. The van der Waals surface area contributed by atoms with Crippen molar-refractivity contribution in [2.75, 3.05) is 33.3 Å². The lowest BCUT2D eigenvalue weighted by Gasteiger charge is -2.32. The van der Waals surface area contributed by atoms with Crippen LogP contribution >= 0.6 is 0 Å². The van der Waals surface area contributed by atoms with Crippen molar-refractivity contribution in [3.8, 4) is 5.75 Å². The van der Waals surface area contributed by atoms with Crippen LogP contribution in [0.4, 0.5) is 0 Å². The molecule has 1 N–H and O–H groups in total. The van der Waals surface area contributed by atoms with E-state index in [4.69, 9.17) is 4.74 Å². The molecule has 2 unspecified atom stereocenters. The Bertz CT molecular complexity index is 381. The Hall–Kier alpha value is -1.06. The van der Waals surface area contributed by atoms with Crippen molar-refractivity contribution in [1.29, 1.82) is 0 Å². The van der Waals surface area contributed by atoms with Gasteiger partial charge in [-0.25, -0.2) is 0 Å². The average molecular weight is 248 g/mol. The van der Waals surface area contributed by atoms with E-state index in [9.17, 15) is 0 Å². The lowest BCUT2D eigenvalue weighted by molar-refractivity contribution is 0.185. The lowest BCUT2D eigenvalue weighted by atomic mass is 9.92. The third-order valence-electron chi connectivity index (χ3n) is 3.72. The number of benzene rings is 1. The Labute approximate surface area is 110 Å². The van der Waals surface area contributed by atoms with Crippen molar-refractivity contribution < 1.29 is 4.74 Å². The molecule has 1 heterocycles. The summed E-state index contributed by atoms with van der Waals surface area (Å²) in [6.07, 6.45) is 0. The molecule has 0 amide bonds. The molecule has 3 nitrogen and oxygen atoms in total. The Morgan fingerprint density at radius 1 is 1.39 bits per heavy atom. The summed E-state index contributed by atoms with van der Waals surface area (Å²) >= 11 is 0. The Morgan fingerprint density at radius 3 is 2.94 bits per heavy atom. The third-order valence-corrected chi connectivity index (χ3v) is 3.72. The first-order chi connectivity index (χ1) is 8.72. The number of rotatable bonds is 5. The van der Waals surface area contributed by atoms with Gasteiger partial charge in [-0.2, -0.15) is 0 Å². The summed E-state index contributed by atoms with van der Waals surface area (Å²) in [6, 6.07) is 8.78. The van der Waals surface area contributed by atoms with E-state index in [1.54, 1.807) is 0 Å². The highest BCUT2D eigenvalue weighted by molar-refractivity contribution is 5.37. The quantitative estimate of drug-likeness (QED) is 0.865. The van der Waals surface area contributed by atoms with Crippen molar-refractivity contribution in [1.82, 2.24) is 10.2 Å². The summed E-state index contributed by atoms with van der Waals surface area (Å²) in [5.41, 5.74) is 1.30. The zero-order valence-electron chi connectivity index (χ0n) is 11.6. The molecule has 0 saturated heterocycles. The average Bonchev–Trinajstić information content (AvgIpc) is 2.41. The zero-order valence-corrected chi connectivity index (χ0v) is 11.6. The molecule has 1 aromatic rings. The largest absolute Gasteiger partial charge is 0.493 e. The molecule has 100 valence electrons. The van der Waals surface area contributed by atoms with Gasteiger partial charge < -0.3 is 15.0 Å². The highest BCUT2D eigenvalue weighted by atomic mass is 16.5. The Balaban J connectivity index is 1.98. The first-order valence-electron chi connectivity index (χ1n) is 6.86. The molecule has 1 aliphatic rings. The first kappa shape index (κ1) is 13.4. The maximum Gasteiger partial charge on any atom is 0.124 e. The fourth-order valence-corrected chi connectivity index (χ4v) is 2.37. The van der Waals surface area contributed by atoms with Gasteiger partial charge in [-0.1, -0.05) is 32.0 Å². The van der Waals surface area contributed by atoms with Crippen LogP contribution in [0.2, 0.25) is 0 Å². The molecule has 2 atom stereocenters. The van der Waals surface area contributed by atoms with E-state index in [-0.39, 0.29) is 0 Å². The van der Waals surface area contributed by atoms with Gasteiger partial charge in [-0.15, -0.1) is 0 Å².